The molecule has 0 aromatic heterocycles. The lowest BCUT2D eigenvalue weighted by Crippen LogP contribution is -2.39. The lowest BCUT2D eigenvalue weighted by Gasteiger charge is -2.31. The molecule has 2 unspecified atom stereocenters. The monoisotopic (exact) mass is 266 g/mol. The maximum atomic E-state index is 12.2. The van der Waals surface area contributed by atoms with Crippen LogP contribution in [0.5, 0.6) is 0 Å². The van der Waals surface area contributed by atoms with E-state index in [0.717, 1.165) is 25.8 Å². The Bertz CT molecular complexity index is 229. The van der Waals surface area contributed by atoms with Gasteiger partial charge in [-0.1, -0.05) is 12.8 Å². The third-order valence-electron chi connectivity index (χ3n) is 3.55. The van der Waals surface area contributed by atoms with Gasteiger partial charge in [0, 0.05) is 18.5 Å². The van der Waals surface area contributed by atoms with Crippen LogP contribution in [-0.4, -0.2) is 36.2 Å². The molecule has 108 valence electrons. The van der Waals surface area contributed by atoms with E-state index in [4.69, 9.17) is 5.73 Å². The summed E-state index contributed by atoms with van der Waals surface area (Å²) in [5.74, 6) is 0. The van der Waals surface area contributed by atoms with Crippen LogP contribution in [0.1, 0.15) is 51.9 Å². The standard InChI is InChI=1S/C13H25F3N2/c1-11(17)10-12-6-3-2-4-8-18(12)9-5-7-13(14,15)16/h11-12H,2-10,17H2,1H3. The van der Waals surface area contributed by atoms with Crippen LogP contribution in [0.2, 0.25) is 0 Å². The number of likely N-dealkylation sites (tertiary alicyclic amines) is 1. The molecule has 0 aromatic rings. The second kappa shape index (κ2) is 7.34. The summed E-state index contributed by atoms with van der Waals surface area (Å²) in [4.78, 5) is 2.22. The molecule has 0 radical (unpaired) electrons. The molecule has 0 bridgehead atoms. The van der Waals surface area contributed by atoms with E-state index in [1.54, 1.807) is 0 Å². The summed E-state index contributed by atoms with van der Waals surface area (Å²) >= 11 is 0. The quantitative estimate of drug-likeness (QED) is 0.827. The van der Waals surface area contributed by atoms with Gasteiger partial charge in [-0.15, -0.1) is 0 Å². The van der Waals surface area contributed by atoms with Crippen LogP contribution in [-0.2, 0) is 0 Å². The van der Waals surface area contributed by atoms with E-state index in [0.29, 0.717) is 12.6 Å². The zero-order valence-corrected chi connectivity index (χ0v) is 11.2. The van der Waals surface area contributed by atoms with Gasteiger partial charge in [0.2, 0.25) is 0 Å². The fourth-order valence-electron chi connectivity index (χ4n) is 2.71. The van der Waals surface area contributed by atoms with Gasteiger partial charge in [-0.2, -0.15) is 13.2 Å². The zero-order valence-electron chi connectivity index (χ0n) is 11.2. The predicted molar refractivity (Wildman–Crippen MR) is 67.4 cm³/mol. The summed E-state index contributed by atoms with van der Waals surface area (Å²) in [6.45, 7) is 3.45. The van der Waals surface area contributed by atoms with Crippen molar-refractivity contribution >= 4 is 0 Å². The molecule has 1 aliphatic heterocycles. The van der Waals surface area contributed by atoms with E-state index >= 15 is 0 Å². The van der Waals surface area contributed by atoms with E-state index in [1.807, 2.05) is 6.92 Å². The molecule has 2 N–H and O–H groups in total. The summed E-state index contributed by atoms with van der Waals surface area (Å²) in [6, 6.07) is 0.499. The first-order chi connectivity index (χ1) is 8.38. The Kier molecular flexibility index (Phi) is 6.43. The smallest absolute Gasteiger partial charge is 0.328 e. The van der Waals surface area contributed by atoms with Crippen molar-refractivity contribution in [3.63, 3.8) is 0 Å². The third-order valence-corrected chi connectivity index (χ3v) is 3.55. The van der Waals surface area contributed by atoms with Gasteiger partial charge in [-0.3, -0.25) is 0 Å². The van der Waals surface area contributed by atoms with E-state index in [1.165, 1.54) is 12.8 Å². The highest BCUT2D eigenvalue weighted by molar-refractivity contribution is 4.78. The van der Waals surface area contributed by atoms with Crippen LogP contribution in [0.25, 0.3) is 0 Å². The number of rotatable bonds is 5. The number of alkyl halides is 3. The fourth-order valence-corrected chi connectivity index (χ4v) is 2.71. The number of nitrogens with two attached hydrogens (primary N) is 1. The van der Waals surface area contributed by atoms with Gasteiger partial charge in [0.25, 0.3) is 0 Å². The van der Waals surface area contributed by atoms with Crippen LogP contribution in [0, 0.1) is 0 Å². The normalized spacial score (nSPS) is 24.8. The van der Waals surface area contributed by atoms with Gasteiger partial charge in [0.05, 0.1) is 0 Å². The Morgan fingerprint density at radius 2 is 2.00 bits per heavy atom. The minimum atomic E-state index is -4.03. The minimum Gasteiger partial charge on any atom is -0.328 e. The number of nitrogens with zero attached hydrogens (tertiary/aromatic N) is 1. The van der Waals surface area contributed by atoms with E-state index in [-0.39, 0.29) is 12.5 Å². The molecule has 1 aliphatic rings. The van der Waals surface area contributed by atoms with Gasteiger partial charge in [-0.25, -0.2) is 0 Å². The van der Waals surface area contributed by atoms with Crippen molar-refractivity contribution in [3.05, 3.63) is 0 Å². The Labute approximate surface area is 108 Å². The van der Waals surface area contributed by atoms with Crippen LogP contribution in [0.15, 0.2) is 0 Å². The molecule has 1 rings (SSSR count). The van der Waals surface area contributed by atoms with Crippen molar-refractivity contribution in [1.82, 2.24) is 4.90 Å². The molecule has 18 heavy (non-hydrogen) atoms. The molecule has 1 heterocycles. The third kappa shape index (κ3) is 6.59. The molecule has 2 nitrogen and oxygen atoms in total. The summed E-state index contributed by atoms with van der Waals surface area (Å²) in [5.41, 5.74) is 5.83. The Hall–Kier alpha value is -0.290. The Morgan fingerprint density at radius 1 is 1.28 bits per heavy atom. The maximum Gasteiger partial charge on any atom is 0.389 e. The molecule has 0 aromatic carbocycles. The SMILES string of the molecule is CC(N)CC1CCCCCN1CCCC(F)(F)F. The van der Waals surface area contributed by atoms with Crippen molar-refractivity contribution in [2.45, 2.75) is 70.1 Å². The lowest BCUT2D eigenvalue weighted by atomic mass is 10.0. The van der Waals surface area contributed by atoms with Gasteiger partial charge in [0.1, 0.15) is 0 Å². The lowest BCUT2D eigenvalue weighted by molar-refractivity contribution is -0.136. The number of halogens is 3. The van der Waals surface area contributed by atoms with E-state index in [9.17, 15) is 13.2 Å². The van der Waals surface area contributed by atoms with E-state index in [2.05, 4.69) is 4.90 Å². The van der Waals surface area contributed by atoms with Crippen LogP contribution < -0.4 is 5.73 Å². The van der Waals surface area contributed by atoms with Crippen LogP contribution >= 0.6 is 0 Å². The molecule has 1 saturated heterocycles. The summed E-state index contributed by atoms with van der Waals surface area (Å²) in [6.07, 6.45) is 0.940. The first kappa shape index (κ1) is 15.8. The first-order valence-corrected chi connectivity index (χ1v) is 6.95. The minimum absolute atomic E-state index is 0.123. The highest BCUT2D eigenvalue weighted by atomic mass is 19.4. The average Bonchev–Trinajstić information content (AvgIpc) is 2.42. The summed E-state index contributed by atoms with van der Waals surface area (Å²) in [5, 5.41) is 0. The number of hydrogen-bond acceptors (Lipinski definition) is 2. The van der Waals surface area contributed by atoms with Crippen molar-refractivity contribution in [2.75, 3.05) is 13.1 Å². The second-order valence-corrected chi connectivity index (χ2v) is 5.47. The fraction of sp³-hybridized carbons (Fsp3) is 1.00. The Balaban J connectivity index is 2.41. The molecule has 1 fully saturated rings. The Morgan fingerprint density at radius 3 is 2.61 bits per heavy atom. The zero-order chi connectivity index (χ0) is 13.6. The van der Waals surface area contributed by atoms with Crippen molar-refractivity contribution < 1.29 is 13.2 Å². The molecule has 2 atom stereocenters. The van der Waals surface area contributed by atoms with Crippen LogP contribution in [0.3, 0.4) is 0 Å². The number of hydrogen-bond donors (Lipinski definition) is 1. The molecule has 0 saturated carbocycles. The van der Waals surface area contributed by atoms with E-state index < -0.39 is 12.6 Å². The van der Waals surface area contributed by atoms with Gasteiger partial charge in [0.15, 0.2) is 0 Å². The van der Waals surface area contributed by atoms with Crippen molar-refractivity contribution in [3.8, 4) is 0 Å². The summed E-state index contributed by atoms with van der Waals surface area (Å²) in [7, 11) is 0. The van der Waals surface area contributed by atoms with Gasteiger partial charge >= 0.3 is 6.18 Å². The van der Waals surface area contributed by atoms with Gasteiger partial charge in [-0.05, 0) is 45.7 Å². The topological polar surface area (TPSA) is 29.3 Å². The average molecular weight is 266 g/mol. The molecular formula is C13H25F3N2. The highest BCUT2D eigenvalue weighted by Crippen LogP contribution is 2.24. The molecule has 0 amide bonds. The highest BCUT2D eigenvalue weighted by Gasteiger charge is 2.28. The molecular weight excluding hydrogens is 241 g/mol. The largest absolute Gasteiger partial charge is 0.389 e. The molecule has 5 heteroatoms. The van der Waals surface area contributed by atoms with Crippen molar-refractivity contribution in [1.29, 1.82) is 0 Å². The van der Waals surface area contributed by atoms with Crippen LogP contribution in [0.4, 0.5) is 13.2 Å². The molecule has 0 aliphatic carbocycles. The predicted octanol–water partition coefficient (Wildman–Crippen LogP) is 3.31. The maximum absolute atomic E-state index is 12.2. The van der Waals surface area contributed by atoms with Crippen molar-refractivity contribution in [2.24, 2.45) is 5.73 Å². The summed E-state index contributed by atoms with van der Waals surface area (Å²) < 4.78 is 36.5. The second-order valence-electron chi connectivity index (χ2n) is 5.47. The van der Waals surface area contributed by atoms with Gasteiger partial charge < -0.3 is 10.6 Å². The first-order valence-electron chi connectivity index (χ1n) is 6.95. The molecule has 0 spiro atoms.